The van der Waals surface area contributed by atoms with E-state index in [0.29, 0.717) is 12.3 Å². The minimum Gasteiger partial charge on any atom is -0.394 e. The van der Waals surface area contributed by atoms with E-state index in [1.165, 1.54) is 0 Å². The van der Waals surface area contributed by atoms with Gasteiger partial charge in [-0.25, -0.2) is 0 Å². The number of nitrogens with one attached hydrogen (secondary N) is 1. The second-order valence-corrected chi connectivity index (χ2v) is 5.85. The lowest BCUT2D eigenvalue weighted by Crippen LogP contribution is -2.61. The number of rotatable bonds is 4. The fourth-order valence-electron chi connectivity index (χ4n) is 2.18. The average Bonchev–Trinajstić information content (AvgIpc) is 2.32. The first kappa shape index (κ1) is 14.5. The highest BCUT2D eigenvalue weighted by atomic mass is 16.3. The molecule has 4 N–H and O–H groups in total. The summed E-state index contributed by atoms with van der Waals surface area (Å²) in [6.45, 7) is 5.85. The van der Waals surface area contributed by atoms with Gasteiger partial charge < -0.3 is 16.2 Å². The van der Waals surface area contributed by atoms with Crippen molar-refractivity contribution in [1.82, 2.24) is 5.32 Å². The molecule has 1 fully saturated rings. The summed E-state index contributed by atoms with van der Waals surface area (Å²) in [5.41, 5.74) is 4.64. The standard InChI is InChI=1S/C13H26N2O2/c1-4-12(3,14)11(17)15-13(9-16)7-5-10(2)6-8-13/h10,16H,4-9,14H2,1-3H3,(H,15,17). The highest BCUT2D eigenvalue weighted by Crippen LogP contribution is 2.32. The van der Waals surface area contributed by atoms with E-state index in [2.05, 4.69) is 12.2 Å². The van der Waals surface area contributed by atoms with Gasteiger partial charge in [-0.2, -0.15) is 0 Å². The fraction of sp³-hybridized carbons (Fsp3) is 0.923. The van der Waals surface area contributed by atoms with Crippen LogP contribution in [0.15, 0.2) is 0 Å². The Morgan fingerprint density at radius 3 is 2.47 bits per heavy atom. The van der Waals surface area contributed by atoms with E-state index in [1.807, 2.05) is 6.92 Å². The highest BCUT2D eigenvalue weighted by molar-refractivity contribution is 5.86. The van der Waals surface area contributed by atoms with E-state index >= 15 is 0 Å². The van der Waals surface area contributed by atoms with Crippen molar-refractivity contribution in [3.05, 3.63) is 0 Å². The van der Waals surface area contributed by atoms with E-state index in [4.69, 9.17) is 5.73 Å². The van der Waals surface area contributed by atoms with Crippen LogP contribution in [0.5, 0.6) is 0 Å². The minimum atomic E-state index is -0.842. The summed E-state index contributed by atoms with van der Waals surface area (Å²) < 4.78 is 0. The van der Waals surface area contributed by atoms with Crippen molar-refractivity contribution >= 4 is 5.91 Å². The Morgan fingerprint density at radius 1 is 1.53 bits per heavy atom. The molecule has 1 rings (SSSR count). The number of carbonyl (C=O) groups excluding carboxylic acids is 1. The van der Waals surface area contributed by atoms with Gasteiger partial charge in [-0.15, -0.1) is 0 Å². The van der Waals surface area contributed by atoms with Crippen LogP contribution in [0, 0.1) is 5.92 Å². The normalized spacial score (nSPS) is 32.9. The van der Waals surface area contributed by atoms with Crippen LogP contribution >= 0.6 is 0 Å². The van der Waals surface area contributed by atoms with Gasteiger partial charge in [0, 0.05) is 0 Å². The zero-order valence-electron chi connectivity index (χ0n) is 11.3. The van der Waals surface area contributed by atoms with E-state index in [0.717, 1.165) is 25.7 Å². The summed E-state index contributed by atoms with van der Waals surface area (Å²) in [5.74, 6) is 0.533. The smallest absolute Gasteiger partial charge is 0.240 e. The monoisotopic (exact) mass is 242 g/mol. The van der Waals surface area contributed by atoms with Crippen LogP contribution in [0.4, 0.5) is 0 Å². The lowest BCUT2D eigenvalue weighted by Gasteiger charge is -2.40. The lowest BCUT2D eigenvalue weighted by atomic mass is 9.77. The number of aliphatic hydroxyl groups is 1. The molecule has 100 valence electrons. The van der Waals surface area contributed by atoms with Crippen LogP contribution in [0.2, 0.25) is 0 Å². The summed E-state index contributed by atoms with van der Waals surface area (Å²) >= 11 is 0. The Morgan fingerprint density at radius 2 is 2.06 bits per heavy atom. The van der Waals surface area contributed by atoms with Crippen molar-refractivity contribution < 1.29 is 9.90 Å². The van der Waals surface area contributed by atoms with Crippen molar-refractivity contribution in [2.24, 2.45) is 11.7 Å². The second-order valence-electron chi connectivity index (χ2n) is 5.85. The first-order valence-corrected chi connectivity index (χ1v) is 6.57. The number of carbonyl (C=O) groups is 1. The molecule has 4 heteroatoms. The van der Waals surface area contributed by atoms with Crippen molar-refractivity contribution in [3.63, 3.8) is 0 Å². The van der Waals surface area contributed by atoms with Crippen molar-refractivity contribution in [1.29, 1.82) is 0 Å². The number of aliphatic hydroxyl groups excluding tert-OH is 1. The van der Waals surface area contributed by atoms with Crippen molar-refractivity contribution in [2.45, 2.75) is 64.0 Å². The van der Waals surface area contributed by atoms with Gasteiger partial charge in [0.05, 0.1) is 17.7 Å². The molecule has 0 aromatic rings. The number of amides is 1. The molecule has 1 amide bonds. The van der Waals surface area contributed by atoms with Gasteiger partial charge in [0.25, 0.3) is 0 Å². The van der Waals surface area contributed by atoms with Gasteiger partial charge >= 0.3 is 0 Å². The quantitative estimate of drug-likeness (QED) is 0.692. The van der Waals surface area contributed by atoms with Gasteiger partial charge in [-0.1, -0.05) is 13.8 Å². The van der Waals surface area contributed by atoms with Gasteiger partial charge in [0.2, 0.25) is 5.91 Å². The summed E-state index contributed by atoms with van der Waals surface area (Å²) in [6, 6.07) is 0. The maximum atomic E-state index is 12.1. The Balaban J connectivity index is 2.67. The maximum absolute atomic E-state index is 12.1. The van der Waals surface area contributed by atoms with Gasteiger partial charge in [-0.05, 0) is 44.9 Å². The summed E-state index contributed by atoms with van der Waals surface area (Å²) in [7, 11) is 0. The maximum Gasteiger partial charge on any atom is 0.240 e. The molecule has 1 atom stereocenters. The van der Waals surface area contributed by atoms with E-state index < -0.39 is 11.1 Å². The molecule has 0 heterocycles. The van der Waals surface area contributed by atoms with Crippen LogP contribution in [0.3, 0.4) is 0 Å². The molecular formula is C13H26N2O2. The zero-order chi connectivity index (χ0) is 13.1. The Kier molecular flexibility index (Phi) is 4.55. The number of hydrogen-bond acceptors (Lipinski definition) is 3. The molecule has 1 unspecified atom stereocenters. The topological polar surface area (TPSA) is 75.4 Å². The van der Waals surface area contributed by atoms with Crippen LogP contribution in [-0.4, -0.2) is 28.7 Å². The fourth-order valence-corrected chi connectivity index (χ4v) is 2.18. The van der Waals surface area contributed by atoms with E-state index in [9.17, 15) is 9.90 Å². The SMILES string of the molecule is CCC(C)(N)C(=O)NC1(CO)CCC(C)CC1. The van der Waals surface area contributed by atoms with Crippen molar-refractivity contribution in [2.75, 3.05) is 6.61 Å². The molecule has 0 aliphatic heterocycles. The molecule has 1 saturated carbocycles. The largest absolute Gasteiger partial charge is 0.394 e. The highest BCUT2D eigenvalue weighted by Gasteiger charge is 2.38. The molecule has 1 aliphatic rings. The van der Waals surface area contributed by atoms with E-state index in [-0.39, 0.29) is 12.5 Å². The Labute approximate surface area is 104 Å². The first-order valence-electron chi connectivity index (χ1n) is 6.57. The summed E-state index contributed by atoms with van der Waals surface area (Å²) in [5, 5.41) is 12.5. The molecular weight excluding hydrogens is 216 g/mol. The van der Waals surface area contributed by atoms with Crippen LogP contribution in [-0.2, 0) is 4.79 Å². The molecule has 0 saturated heterocycles. The number of hydrogen-bond donors (Lipinski definition) is 3. The average molecular weight is 242 g/mol. The predicted octanol–water partition coefficient (Wildman–Crippen LogP) is 1.17. The Bertz CT molecular complexity index is 269. The molecule has 1 aliphatic carbocycles. The third-order valence-electron chi connectivity index (χ3n) is 4.17. The third-order valence-corrected chi connectivity index (χ3v) is 4.17. The second kappa shape index (κ2) is 5.36. The van der Waals surface area contributed by atoms with Crippen LogP contribution < -0.4 is 11.1 Å². The van der Waals surface area contributed by atoms with Crippen LogP contribution in [0.25, 0.3) is 0 Å². The third kappa shape index (κ3) is 3.42. The van der Waals surface area contributed by atoms with Gasteiger partial charge in [0.1, 0.15) is 0 Å². The molecule has 0 aromatic heterocycles. The van der Waals surface area contributed by atoms with Gasteiger partial charge in [0.15, 0.2) is 0 Å². The summed E-state index contributed by atoms with van der Waals surface area (Å²) in [6.07, 6.45) is 4.38. The van der Waals surface area contributed by atoms with Crippen molar-refractivity contribution in [3.8, 4) is 0 Å². The molecule has 17 heavy (non-hydrogen) atoms. The summed E-state index contributed by atoms with van der Waals surface area (Å²) in [4.78, 5) is 12.1. The number of nitrogens with two attached hydrogens (primary N) is 1. The lowest BCUT2D eigenvalue weighted by molar-refractivity contribution is -0.129. The first-order chi connectivity index (χ1) is 7.85. The zero-order valence-corrected chi connectivity index (χ0v) is 11.3. The molecule has 4 nitrogen and oxygen atoms in total. The Hall–Kier alpha value is -0.610. The van der Waals surface area contributed by atoms with Gasteiger partial charge in [-0.3, -0.25) is 4.79 Å². The molecule has 0 spiro atoms. The van der Waals surface area contributed by atoms with E-state index in [1.54, 1.807) is 6.92 Å². The molecule has 0 aromatic carbocycles. The minimum absolute atomic E-state index is 0.00521. The predicted molar refractivity (Wildman–Crippen MR) is 68.5 cm³/mol. The molecule has 0 radical (unpaired) electrons. The molecule has 0 bridgehead atoms. The van der Waals surface area contributed by atoms with Crippen LogP contribution in [0.1, 0.15) is 52.9 Å².